The first-order chi connectivity index (χ1) is 18.2. The molecule has 2 aromatic rings. The van der Waals surface area contributed by atoms with Crippen molar-refractivity contribution in [1.29, 1.82) is 0 Å². The van der Waals surface area contributed by atoms with Crippen LogP contribution in [0.25, 0.3) is 11.1 Å². The van der Waals surface area contributed by atoms with Gasteiger partial charge in [-0.15, -0.1) is 5.11 Å². The Bertz CT molecular complexity index is 1310. The number of rotatable bonds is 7. The van der Waals surface area contributed by atoms with Crippen molar-refractivity contribution in [2.24, 2.45) is 10.3 Å². The molecule has 38 heavy (non-hydrogen) atoms. The van der Waals surface area contributed by atoms with E-state index in [-0.39, 0.29) is 24.9 Å². The molecule has 0 saturated carbocycles. The fourth-order valence-corrected chi connectivity index (χ4v) is 4.54. The number of ketones is 1. The third-order valence-electron chi connectivity index (χ3n) is 6.33. The van der Waals surface area contributed by atoms with Crippen molar-refractivity contribution in [1.82, 2.24) is 10.5 Å². The van der Waals surface area contributed by atoms with Crippen molar-refractivity contribution in [2.75, 3.05) is 13.2 Å². The van der Waals surface area contributed by atoms with Gasteiger partial charge >= 0.3 is 12.1 Å². The van der Waals surface area contributed by atoms with Crippen LogP contribution in [0.4, 0.5) is 4.79 Å². The molecule has 10 nitrogen and oxygen atoms in total. The molecular formula is C28H28N4O6. The van der Waals surface area contributed by atoms with Crippen LogP contribution in [0, 0.1) is 0 Å². The van der Waals surface area contributed by atoms with Crippen molar-refractivity contribution in [3.63, 3.8) is 0 Å². The molecule has 2 atom stereocenters. The highest BCUT2D eigenvalue weighted by molar-refractivity contribution is 5.98. The van der Waals surface area contributed by atoms with Gasteiger partial charge in [-0.25, -0.2) is 9.59 Å². The van der Waals surface area contributed by atoms with Gasteiger partial charge in [0.2, 0.25) is 0 Å². The Morgan fingerprint density at radius 1 is 1.05 bits per heavy atom. The maximum atomic E-state index is 13.1. The van der Waals surface area contributed by atoms with Crippen molar-refractivity contribution < 1.29 is 28.7 Å². The van der Waals surface area contributed by atoms with Gasteiger partial charge in [0.15, 0.2) is 17.9 Å². The number of benzene rings is 2. The summed E-state index contributed by atoms with van der Waals surface area (Å²) in [5.74, 6) is -1.33. The van der Waals surface area contributed by atoms with Crippen LogP contribution in [-0.4, -0.2) is 53.9 Å². The third kappa shape index (κ3) is 5.21. The van der Waals surface area contributed by atoms with E-state index in [2.05, 4.69) is 15.7 Å². The second kappa shape index (κ2) is 10.2. The predicted molar refractivity (Wildman–Crippen MR) is 137 cm³/mol. The summed E-state index contributed by atoms with van der Waals surface area (Å²) in [5.41, 5.74) is 4.13. The van der Waals surface area contributed by atoms with E-state index >= 15 is 0 Å². The van der Waals surface area contributed by atoms with Gasteiger partial charge in [0.25, 0.3) is 0 Å². The summed E-state index contributed by atoms with van der Waals surface area (Å²) >= 11 is 0. The van der Waals surface area contributed by atoms with Crippen LogP contribution in [0.3, 0.4) is 0 Å². The molecule has 2 aliphatic carbocycles. The SMILES string of the molecule is CC(C)(C)OC[C@H](NC(=O)OCC1c2ccccc2-c2ccccc21)C(=O)ON1N=NC2=CC=CC(=O)[C@@H]21. The van der Waals surface area contributed by atoms with Gasteiger partial charge in [-0.05, 0) is 60.4 Å². The molecule has 1 heterocycles. The van der Waals surface area contributed by atoms with Crippen LogP contribution in [0.5, 0.6) is 0 Å². The molecule has 196 valence electrons. The first kappa shape index (κ1) is 25.3. The van der Waals surface area contributed by atoms with E-state index in [1.807, 2.05) is 69.3 Å². The van der Waals surface area contributed by atoms with Crippen LogP contribution in [-0.2, 0) is 23.9 Å². The smallest absolute Gasteiger partial charge is 0.407 e. The maximum Gasteiger partial charge on any atom is 0.407 e. The van der Waals surface area contributed by atoms with Gasteiger partial charge in [0, 0.05) is 5.92 Å². The maximum absolute atomic E-state index is 13.1. The highest BCUT2D eigenvalue weighted by Gasteiger charge is 2.39. The molecule has 0 radical (unpaired) electrons. The standard InChI is InChI=1S/C28H28N4O6/c1-28(2,3)37-16-23(26(34)38-32-25-22(30-31-32)13-8-14-24(25)33)29-27(35)36-15-21-19-11-6-4-9-17(19)18-10-5-7-12-20(18)21/h4-14,21,23,25H,15-16H2,1-3H3,(H,29,35)/t23-,25+/m0/s1. The topological polar surface area (TPSA) is 119 Å². The minimum Gasteiger partial charge on any atom is -0.449 e. The number of carbonyl (C=O) groups excluding carboxylic acids is 3. The normalized spacial score (nSPS) is 18.4. The molecule has 0 aromatic heterocycles. The molecule has 1 N–H and O–H groups in total. The summed E-state index contributed by atoms with van der Waals surface area (Å²) < 4.78 is 11.3. The lowest BCUT2D eigenvalue weighted by atomic mass is 9.98. The van der Waals surface area contributed by atoms with E-state index in [0.717, 1.165) is 27.4 Å². The van der Waals surface area contributed by atoms with Crippen molar-refractivity contribution in [2.45, 2.75) is 44.4 Å². The summed E-state index contributed by atoms with van der Waals surface area (Å²) in [6, 6.07) is 13.8. The summed E-state index contributed by atoms with van der Waals surface area (Å²) in [6.45, 7) is 5.36. The molecule has 5 rings (SSSR count). The second-order valence-electron chi connectivity index (χ2n) is 10.1. The van der Waals surface area contributed by atoms with Gasteiger partial charge in [-0.1, -0.05) is 59.8 Å². The fourth-order valence-electron chi connectivity index (χ4n) is 4.54. The Kier molecular flexibility index (Phi) is 6.81. The van der Waals surface area contributed by atoms with Gasteiger partial charge < -0.3 is 19.6 Å². The van der Waals surface area contributed by atoms with E-state index in [9.17, 15) is 14.4 Å². The number of fused-ring (bicyclic) bond motifs is 4. The molecule has 0 saturated heterocycles. The molecule has 1 aliphatic heterocycles. The van der Waals surface area contributed by atoms with Crippen LogP contribution in [0.2, 0.25) is 0 Å². The number of amides is 1. The van der Waals surface area contributed by atoms with E-state index in [4.69, 9.17) is 14.3 Å². The number of carbonyl (C=O) groups is 3. The highest BCUT2D eigenvalue weighted by atomic mass is 16.7. The second-order valence-corrected chi connectivity index (χ2v) is 10.1. The Morgan fingerprint density at radius 2 is 1.71 bits per heavy atom. The monoisotopic (exact) mass is 516 g/mol. The molecule has 2 aromatic carbocycles. The van der Waals surface area contributed by atoms with E-state index in [1.165, 1.54) is 6.08 Å². The first-order valence-corrected chi connectivity index (χ1v) is 12.3. The summed E-state index contributed by atoms with van der Waals surface area (Å²) in [5, 5.41) is 11.0. The number of allylic oxidation sites excluding steroid dienone is 2. The lowest BCUT2D eigenvalue weighted by molar-refractivity contribution is -0.201. The van der Waals surface area contributed by atoms with E-state index < -0.39 is 29.7 Å². The average molecular weight is 517 g/mol. The zero-order valence-electron chi connectivity index (χ0n) is 21.3. The quantitative estimate of drug-likeness (QED) is 0.585. The molecule has 0 bridgehead atoms. The Hall–Kier alpha value is -4.31. The Morgan fingerprint density at radius 3 is 2.37 bits per heavy atom. The van der Waals surface area contributed by atoms with Gasteiger partial charge in [0.1, 0.15) is 12.3 Å². The molecule has 0 spiro atoms. The minimum absolute atomic E-state index is 0.0825. The molecule has 10 heteroatoms. The number of hydrogen-bond donors (Lipinski definition) is 1. The molecule has 3 aliphatic rings. The summed E-state index contributed by atoms with van der Waals surface area (Å²) in [6.07, 6.45) is 3.71. The van der Waals surface area contributed by atoms with Gasteiger partial charge in [-0.2, -0.15) is 0 Å². The van der Waals surface area contributed by atoms with E-state index in [0.29, 0.717) is 5.70 Å². The number of nitrogens with zero attached hydrogens (tertiary/aromatic N) is 3. The van der Waals surface area contributed by atoms with Crippen LogP contribution < -0.4 is 5.32 Å². The lowest BCUT2D eigenvalue weighted by Crippen LogP contribution is -2.49. The number of nitrogens with one attached hydrogen (secondary N) is 1. The lowest BCUT2D eigenvalue weighted by Gasteiger charge is -2.26. The van der Waals surface area contributed by atoms with Crippen LogP contribution in [0.15, 0.2) is 82.8 Å². The van der Waals surface area contributed by atoms with Crippen LogP contribution >= 0.6 is 0 Å². The minimum atomic E-state index is -1.22. The van der Waals surface area contributed by atoms with Crippen molar-refractivity contribution in [3.8, 4) is 11.1 Å². The number of hydrogen-bond acceptors (Lipinski definition) is 9. The zero-order valence-corrected chi connectivity index (χ0v) is 21.3. The average Bonchev–Trinajstić information content (AvgIpc) is 3.44. The fraction of sp³-hybridized carbons (Fsp3) is 0.321. The number of alkyl carbamates (subject to hydrolysis) is 1. The predicted octanol–water partition coefficient (Wildman–Crippen LogP) is 4.24. The van der Waals surface area contributed by atoms with Gasteiger partial charge in [0.05, 0.1) is 12.2 Å². The van der Waals surface area contributed by atoms with Gasteiger partial charge in [-0.3, -0.25) is 4.79 Å². The molecule has 0 fully saturated rings. The zero-order chi connectivity index (χ0) is 26.9. The summed E-state index contributed by atoms with van der Waals surface area (Å²) in [4.78, 5) is 43.5. The van der Waals surface area contributed by atoms with Crippen molar-refractivity contribution in [3.05, 3.63) is 83.6 Å². The largest absolute Gasteiger partial charge is 0.449 e. The molecule has 1 amide bonds. The Balaban J connectivity index is 1.25. The molecule has 0 unspecified atom stereocenters. The Labute approximate surface area is 219 Å². The highest BCUT2D eigenvalue weighted by Crippen LogP contribution is 2.44. The third-order valence-corrected chi connectivity index (χ3v) is 6.33. The van der Waals surface area contributed by atoms with E-state index in [1.54, 1.807) is 12.2 Å². The summed E-state index contributed by atoms with van der Waals surface area (Å²) in [7, 11) is 0. The first-order valence-electron chi connectivity index (χ1n) is 12.3. The number of hydroxylamine groups is 1. The molecular weight excluding hydrogens is 488 g/mol. The van der Waals surface area contributed by atoms with Crippen LogP contribution in [0.1, 0.15) is 37.8 Å². The number of ether oxygens (including phenoxy) is 2. The van der Waals surface area contributed by atoms with Crippen molar-refractivity contribution >= 4 is 17.8 Å².